The summed E-state index contributed by atoms with van der Waals surface area (Å²) in [6.45, 7) is 0. The molecule has 0 fully saturated rings. The maximum Gasteiger partial charge on any atom is 0.162 e. The normalized spacial score (nSPS) is 8.73. The summed E-state index contributed by atoms with van der Waals surface area (Å²) in [5, 5.41) is 8.57. The average Bonchev–Trinajstić information content (AvgIpc) is 2.06. The molecule has 0 aromatic heterocycles. The quantitative estimate of drug-likeness (QED) is 0.633. The molecule has 0 atom stereocenters. The minimum absolute atomic E-state index is 0.0681. The highest BCUT2D eigenvalue weighted by molar-refractivity contribution is 6.17. The Kier molecular flexibility index (Phi) is 2.76. The Morgan fingerprint density at radius 1 is 1.45 bits per heavy atom. The Morgan fingerprint density at radius 2 is 2.18 bits per heavy atom. The van der Waals surface area contributed by atoms with Crippen molar-refractivity contribution in [1.29, 1.82) is 5.26 Å². The lowest BCUT2D eigenvalue weighted by atomic mass is 10.2. The van der Waals surface area contributed by atoms with Gasteiger partial charge in [-0.25, -0.2) is 0 Å². The second kappa shape index (κ2) is 3.85. The molecule has 1 rings (SSSR count). The van der Waals surface area contributed by atoms with Gasteiger partial charge in [0.15, 0.2) is 6.07 Å². The van der Waals surface area contributed by atoms with Crippen LogP contribution in [-0.2, 0) is 0 Å². The fourth-order valence-corrected chi connectivity index (χ4v) is 0.861. The molecule has 3 heteroatoms. The van der Waals surface area contributed by atoms with Crippen LogP contribution in [0, 0.1) is 11.3 Å². The van der Waals surface area contributed by atoms with Crippen LogP contribution in [0.4, 0.5) is 0 Å². The fourth-order valence-electron chi connectivity index (χ4n) is 0.744. The third-order valence-corrected chi connectivity index (χ3v) is 1.33. The molecule has 0 saturated heterocycles. The van der Waals surface area contributed by atoms with Crippen LogP contribution >= 0.6 is 11.6 Å². The highest BCUT2D eigenvalue weighted by Gasteiger charge is 1.98. The Balaban J connectivity index is 2.95. The van der Waals surface area contributed by atoms with Crippen LogP contribution in [0.25, 0.3) is 0 Å². The lowest BCUT2D eigenvalue weighted by Gasteiger charge is -2.01. The molecule has 0 aliphatic rings. The average molecular weight is 168 g/mol. The summed E-state index contributed by atoms with van der Waals surface area (Å²) in [5.41, 5.74) is 0.508. The number of nitriles is 1. The van der Waals surface area contributed by atoms with Gasteiger partial charge >= 0.3 is 0 Å². The third kappa shape index (κ3) is 1.86. The first-order valence-electron chi connectivity index (χ1n) is 3.06. The van der Waals surface area contributed by atoms with E-state index in [0.717, 1.165) is 0 Å². The number of ether oxygens (including phenoxy) is 1. The number of hydrogen-bond acceptors (Lipinski definition) is 2. The Morgan fingerprint density at radius 3 is 2.82 bits per heavy atom. The number of benzene rings is 1. The van der Waals surface area contributed by atoms with E-state index < -0.39 is 0 Å². The van der Waals surface area contributed by atoms with E-state index in [1.807, 2.05) is 6.07 Å². The van der Waals surface area contributed by atoms with Gasteiger partial charge in [0.1, 0.15) is 11.8 Å². The lowest BCUT2D eigenvalue weighted by Crippen LogP contribution is -1.91. The number of halogens is 1. The predicted molar refractivity (Wildman–Crippen MR) is 42.5 cm³/mol. The van der Waals surface area contributed by atoms with E-state index in [-0.39, 0.29) is 6.07 Å². The van der Waals surface area contributed by atoms with Crippen molar-refractivity contribution in [2.45, 2.75) is 0 Å². The van der Waals surface area contributed by atoms with Gasteiger partial charge in [-0.3, -0.25) is 0 Å². The Bertz CT molecular complexity index is 280. The molecule has 0 spiro atoms. The van der Waals surface area contributed by atoms with Crippen molar-refractivity contribution in [2.24, 2.45) is 0 Å². The van der Waals surface area contributed by atoms with Gasteiger partial charge in [0.05, 0.1) is 5.56 Å². The van der Waals surface area contributed by atoms with Crippen LogP contribution in [0.5, 0.6) is 5.75 Å². The summed E-state index contributed by atoms with van der Waals surface area (Å²) in [6.07, 6.45) is 0. The molecule has 11 heavy (non-hydrogen) atoms. The van der Waals surface area contributed by atoms with Gasteiger partial charge in [-0.1, -0.05) is 23.7 Å². The zero-order valence-electron chi connectivity index (χ0n) is 5.75. The van der Waals surface area contributed by atoms with Gasteiger partial charge in [0.2, 0.25) is 0 Å². The summed E-state index contributed by atoms with van der Waals surface area (Å²) in [4.78, 5) is 0. The van der Waals surface area contributed by atoms with Crippen LogP contribution in [-0.4, -0.2) is 6.07 Å². The molecular weight excluding hydrogens is 162 g/mol. The smallest absolute Gasteiger partial charge is 0.162 e. The number of para-hydroxylation sites is 1. The zero-order valence-corrected chi connectivity index (χ0v) is 6.51. The summed E-state index contributed by atoms with van der Waals surface area (Å²) in [5.74, 6) is 0.532. The van der Waals surface area contributed by atoms with E-state index >= 15 is 0 Å². The van der Waals surface area contributed by atoms with Gasteiger partial charge < -0.3 is 4.74 Å². The van der Waals surface area contributed by atoms with Crippen LogP contribution in [0.3, 0.4) is 0 Å². The topological polar surface area (TPSA) is 33.0 Å². The number of alkyl halides is 1. The molecule has 0 saturated carbocycles. The fraction of sp³-hybridized carbons (Fsp3) is 0.125. The molecule has 2 nitrogen and oxygen atoms in total. The number of rotatable bonds is 2. The largest absolute Gasteiger partial charge is 0.477 e. The molecular formula is C8H6ClNO. The number of nitrogens with zero attached hydrogens (tertiary/aromatic N) is 1. The monoisotopic (exact) mass is 167 g/mol. The number of hydrogen-bond donors (Lipinski definition) is 0. The molecule has 0 amide bonds. The standard InChI is InChI=1S/C8H6ClNO/c9-6-11-8-4-2-1-3-7(8)5-10/h1-4H,6H2. The first kappa shape index (κ1) is 7.90. The molecule has 1 aromatic carbocycles. The highest BCUT2D eigenvalue weighted by Crippen LogP contribution is 2.16. The van der Waals surface area contributed by atoms with Crippen LogP contribution in [0.15, 0.2) is 24.3 Å². The van der Waals surface area contributed by atoms with E-state index in [4.69, 9.17) is 21.6 Å². The molecule has 0 heterocycles. The van der Waals surface area contributed by atoms with E-state index in [0.29, 0.717) is 11.3 Å². The molecule has 0 N–H and O–H groups in total. The van der Waals surface area contributed by atoms with Crippen molar-refractivity contribution < 1.29 is 4.74 Å². The van der Waals surface area contributed by atoms with E-state index in [1.54, 1.807) is 24.3 Å². The van der Waals surface area contributed by atoms with E-state index in [2.05, 4.69) is 0 Å². The first-order valence-corrected chi connectivity index (χ1v) is 3.60. The first-order chi connectivity index (χ1) is 5.38. The van der Waals surface area contributed by atoms with Crippen molar-refractivity contribution in [3.05, 3.63) is 29.8 Å². The maximum atomic E-state index is 8.57. The van der Waals surface area contributed by atoms with Crippen molar-refractivity contribution in [3.63, 3.8) is 0 Å². The van der Waals surface area contributed by atoms with E-state index in [1.165, 1.54) is 0 Å². The van der Waals surface area contributed by atoms with Gasteiger partial charge in [-0.05, 0) is 12.1 Å². The van der Waals surface area contributed by atoms with E-state index in [9.17, 15) is 0 Å². The van der Waals surface area contributed by atoms with Gasteiger partial charge in [0.25, 0.3) is 0 Å². The third-order valence-electron chi connectivity index (χ3n) is 1.22. The van der Waals surface area contributed by atoms with Gasteiger partial charge in [0, 0.05) is 0 Å². The van der Waals surface area contributed by atoms with Crippen molar-refractivity contribution >= 4 is 11.6 Å². The Labute approximate surface area is 70.0 Å². The zero-order chi connectivity index (χ0) is 8.10. The highest BCUT2D eigenvalue weighted by atomic mass is 35.5. The summed E-state index contributed by atoms with van der Waals surface area (Å²) in [7, 11) is 0. The lowest BCUT2D eigenvalue weighted by molar-refractivity contribution is 0.387. The second-order valence-corrected chi connectivity index (χ2v) is 2.08. The Hall–Kier alpha value is -1.20. The van der Waals surface area contributed by atoms with Crippen molar-refractivity contribution in [3.8, 4) is 11.8 Å². The second-order valence-electron chi connectivity index (χ2n) is 1.86. The molecule has 0 aliphatic carbocycles. The minimum atomic E-state index is 0.0681. The summed E-state index contributed by atoms with van der Waals surface area (Å²) >= 11 is 5.33. The molecule has 0 bridgehead atoms. The molecule has 1 aromatic rings. The molecule has 0 aliphatic heterocycles. The van der Waals surface area contributed by atoms with Gasteiger partial charge in [-0.15, -0.1) is 0 Å². The SMILES string of the molecule is N#Cc1ccccc1OCCl. The minimum Gasteiger partial charge on any atom is -0.477 e. The summed E-state index contributed by atoms with van der Waals surface area (Å²) in [6, 6.07) is 9.03. The van der Waals surface area contributed by atoms with Gasteiger partial charge in [-0.2, -0.15) is 5.26 Å². The van der Waals surface area contributed by atoms with Crippen LogP contribution in [0.2, 0.25) is 0 Å². The van der Waals surface area contributed by atoms with Crippen LogP contribution in [0.1, 0.15) is 5.56 Å². The van der Waals surface area contributed by atoms with Crippen molar-refractivity contribution in [1.82, 2.24) is 0 Å². The molecule has 0 radical (unpaired) electrons. The summed E-state index contributed by atoms with van der Waals surface area (Å²) < 4.78 is 4.97. The van der Waals surface area contributed by atoms with Crippen molar-refractivity contribution in [2.75, 3.05) is 6.07 Å². The van der Waals surface area contributed by atoms with Crippen LogP contribution < -0.4 is 4.74 Å². The molecule has 56 valence electrons. The molecule has 0 unspecified atom stereocenters. The predicted octanol–water partition coefficient (Wildman–Crippen LogP) is 2.13. The maximum absolute atomic E-state index is 8.57.